The number of hydrogen-bond acceptors (Lipinski definition) is 7. The Kier molecular flexibility index (Phi) is 3.57. The Balaban J connectivity index is 3.35. The van der Waals surface area contributed by atoms with Crippen molar-refractivity contribution in [3.63, 3.8) is 0 Å². The number of nitrogens with zero attached hydrogens (tertiary/aromatic N) is 2. The van der Waals surface area contributed by atoms with Gasteiger partial charge in [0.25, 0.3) is 20.2 Å². The van der Waals surface area contributed by atoms with Crippen molar-refractivity contribution in [3.05, 3.63) is 18.2 Å². The minimum Gasteiger partial charge on any atom is -0.506 e. The molecule has 0 saturated carbocycles. The number of benzene rings is 2. The van der Waals surface area contributed by atoms with E-state index in [0.717, 1.165) is 0 Å². The molecule has 2 aromatic carbocycles. The largest absolute Gasteiger partial charge is 0.506 e. The predicted octanol–water partition coefficient (Wildman–Crippen LogP) is 0.505. The molecule has 0 bridgehead atoms. The molecule has 0 unspecified atom stereocenters. The third kappa shape index (κ3) is 2.37. The number of nitrogens with two attached hydrogens (primary N) is 1. The van der Waals surface area contributed by atoms with Gasteiger partial charge in [-0.05, 0) is 11.6 Å². The molecule has 0 saturated heterocycles. The van der Waals surface area contributed by atoms with Crippen LogP contribution in [0.2, 0.25) is 0 Å². The van der Waals surface area contributed by atoms with E-state index < -0.39 is 41.5 Å². The summed E-state index contributed by atoms with van der Waals surface area (Å²) in [5.41, 5.74) is 13.5. The summed E-state index contributed by atoms with van der Waals surface area (Å²) in [6.45, 7) is 0. The van der Waals surface area contributed by atoms with E-state index in [1.807, 2.05) is 0 Å². The smallest absolute Gasteiger partial charge is 0.299 e. The van der Waals surface area contributed by atoms with Gasteiger partial charge < -0.3 is 10.8 Å². The summed E-state index contributed by atoms with van der Waals surface area (Å²) >= 11 is 0. The predicted molar refractivity (Wildman–Crippen MR) is 73.9 cm³/mol. The van der Waals surface area contributed by atoms with Crippen LogP contribution in [0.15, 0.2) is 33.1 Å². The highest BCUT2D eigenvalue weighted by atomic mass is 32.2. The van der Waals surface area contributed by atoms with E-state index in [4.69, 9.17) is 15.8 Å². The highest BCUT2D eigenvalue weighted by Gasteiger charge is 2.34. The molecule has 10 nitrogen and oxygen atoms in total. The van der Waals surface area contributed by atoms with Gasteiger partial charge in [-0.15, -0.1) is 5.11 Å². The van der Waals surface area contributed by atoms with Crippen molar-refractivity contribution in [2.24, 2.45) is 5.11 Å². The molecule has 117 valence electrons. The zero-order chi connectivity index (χ0) is 16.9. The molecule has 0 aromatic heterocycles. The van der Waals surface area contributed by atoms with Gasteiger partial charge in [0.1, 0.15) is 16.3 Å². The first-order valence-corrected chi connectivity index (χ1v) is 8.25. The van der Waals surface area contributed by atoms with Gasteiger partial charge in [-0.3, -0.25) is 9.11 Å². The van der Waals surface area contributed by atoms with Gasteiger partial charge in [-0.1, -0.05) is 12.1 Å². The van der Waals surface area contributed by atoms with Crippen molar-refractivity contribution in [2.45, 2.75) is 9.79 Å². The van der Waals surface area contributed by atoms with Crippen LogP contribution in [-0.2, 0) is 20.2 Å². The lowest BCUT2D eigenvalue weighted by Crippen LogP contribution is -2.10. The van der Waals surface area contributed by atoms with Crippen molar-refractivity contribution in [1.29, 1.82) is 0 Å². The molecule has 0 heterocycles. The zero-order valence-corrected chi connectivity index (χ0v) is 12.1. The average Bonchev–Trinajstić information content (AvgIpc) is 2.35. The summed E-state index contributed by atoms with van der Waals surface area (Å²) in [6, 6.07) is 3.74. The topological polar surface area (TPSA) is 190 Å². The molecule has 0 spiro atoms. The normalized spacial score (nSPS) is 12.5. The second kappa shape index (κ2) is 4.88. The van der Waals surface area contributed by atoms with Crippen LogP contribution in [0.3, 0.4) is 0 Å². The van der Waals surface area contributed by atoms with E-state index >= 15 is 0 Å². The van der Waals surface area contributed by atoms with E-state index in [9.17, 15) is 26.5 Å². The average molecular weight is 346 g/mol. The number of anilines is 1. The molecule has 0 atom stereocenters. The van der Waals surface area contributed by atoms with Crippen molar-refractivity contribution in [1.82, 2.24) is 5.53 Å². The van der Waals surface area contributed by atoms with Gasteiger partial charge in [-0.2, -0.15) is 16.8 Å². The second-order valence-corrected chi connectivity index (χ2v) is 6.89. The van der Waals surface area contributed by atoms with Crippen LogP contribution in [0.5, 0.6) is 5.75 Å². The van der Waals surface area contributed by atoms with E-state index in [-0.39, 0.29) is 16.5 Å². The van der Waals surface area contributed by atoms with Crippen molar-refractivity contribution < 1.29 is 31.0 Å². The summed E-state index contributed by atoms with van der Waals surface area (Å²) in [6.07, 6.45) is 0. The number of aromatic hydroxyl groups is 1. The Morgan fingerprint density at radius 3 is 2.05 bits per heavy atom. The molecule has 2 rings (SSSR count). The van der Waals surface area contributed by atoms with Crippen LogP contribution in [0.4, 0.5) is 11.4 Å². The summed E-state index contributed by atoms with van der Waals surface area (Å²) in [4.78, 5) is -3.00. The molecule has 0 aliphatic rings. The SMILES string of the molecule is [N]=Nc1c(S(=O)(=O)O)c(S(=O)(=O)O)c(O)c2c(N)cccc12. The number of nitrogen functional groups attached to an aromatic ring is 1. The minimum atomic E-state index is -5.30. The third-order valence-electron chi connectivity index (χ3n) is 2.84. The molecule has 0 fully saturated rings. The molecular formula is C10H8N3O7S2. The van der Waals surface area contributed by atoms with Crippen LogP contribution in [0, 0.1) is 0 Å². The van der Waals surface area contributed by atoms with Crippen LogP contribution >= 0.6 is 0 Å². The van der Waals surface area contributed by atoms with Crippen LogP contribution in [-0.4, -0.2) is 31.0 Å². The first-order valence-electron chi connectivity index (χ1n) is 5.37. The summed E-state index contributed by atoms with van der Waals surface area (Å²) < 4.78 is 64.0. The summed E-state index contributed by atoms with van der Waals surface area (Å²) in [7, 11) is -10.6. The van der Waals surface area contributed by atoms with Crippen LogP contribution < -0.4 is 11.3 Å². The lowest BCUT2D eigenvalue weighted by Gasteiger charge is -2.14. The fourth-order valence-corrected chi connectivity index (χ4v) is 4.10. The standard InChI is InChI=1S/C10H8N3O7S2/c11-5-3-1-2-4-6(5)8(14)10(22(18,19)20)9(7(4)13-12)21(15,16)17/h1-3,14H,11H2,(H,15,16,17)(H,18,19,20). The number of hydrogen-bond donors (Lipinski definition) is 4. The zero-order valence-electron chi connectivity index (χ0n) is 10.5. The van der Waals surface area contributed by atoms with Crippen molar-refractivity contribution in [3.8, 4) is 5.75 Å². The summed E-state index contributed by atoms with van der Waals surface area (Å²) in [5, 5.41) is 12.0. The van der Waals surface area contributed by atoms with Crippen LogP contribution in [0.25, 0.3) is 10.8 Å². The van der Waals surface area contributed by atoms with Crippen molar-refractivity contribution in [2.75, 3.05) is 5.73 Å². The van der Waals surface area contributed by atoms with Crippen molar-refractivity contribution >= 4 is 42.4 Å². The van der Waals surface area contributed by atoms with E-state index in [2.05, 4.69) is 5.11 Å². The molecule has 22 heavy (non-hydrogen) atoms. The van der Waals surface area contributed by atoms with Gasteiger partial charge in [0, 0.05) is 11.1 Å². The Hall–Kier alpha value is -2.28. The number of phenols is 1. The van der Waals surface area contributed by atoms with Gasteiger partial charge in [0.2, 0.25) is 0 Å². The van der Waals surface area contributed by atoms with Gasteiger partial charge in [-0.25, -0.2) is 0 Å². The quantitative estimate of drug-likeness (QED) is 0.351. The first-order chi connectivity index (χ1) is 10.00. The third-order valence-corrected chi connectivity index (χ3v) is 4.80. The summed E-state index contributed by atoms with van der Waals surface area (Å²) in [5.74, 6) is -1.20. The molecule has 1 radical (unpaired) electrons. The Labute approximate surface area is 124 Å². The van der Waals surface area contributed by atoms with Gasteiger partial charge in [0.05, 0.1) is 5.39 Å². The highest BCUT2D eigenvalue weighted by molar-refractivity contribution is 7.89. The molecule has 0 amide bonds. The molecule has 0 aliphatic heterocycles. The molecule has 2 aromatic rings. The minimum absolute atomic E-state index is 0.174. The Morgan fingerprint density at radius 2 is 1.59 bits per heavy atom. The fourth-order valence-electron chi connectivity index (χ4n) is 2.06. The lowest BCUT2D eigenvalue weighted by molar-refractivity contribution is 0.435. The lowest BCUT2D eigenvalue weighted by atomic mass is 10.1. The number of phenolic OH excluding ortho intramolecular Hbond substituents is 1. The van der Waals surface area contributed by atoms with E-state index in [0.29, 0.717) is 0 Å². The maximum atomic E-state index is 11.4. The molecule has 12 heteroatoms. The maximum absolute atomic E-state index is 11.4. The number of rotatable bonds is 3. The molecular weight excluding hydrogens is 338 g/mol. The first kappa shape index (κ1) is 16.1. The Bertz CT molecular complexity index is 1010. The second-order valence-electron chi connectivity index (χ2n) is 4.18. The Morgan fingerprint density at radius 1 is 1.05 bits per heavy atom. The fraction of sp³-hybridized carbons (Fsp3) is 0. The van der Waals surface area contributed by atoms with E-state index in [1.54, 1.807) is 0 Å². The monoisotopic (exact) mass is 346 g/mol. The number of fused-ring (bicyclic) bond motifs is 1. The highest BCUT2D eigenvalue weighted by Crippen LogP contribution is 2.46. The molecule has 0 aliphatic carbocycles. The van der Waals surface area contributed by atoms with E-state index in [1.165, 1.54) is 18.2 Å². The van der Waals surface area contributed by atoms with Gasteiger partial charge >= 0.3 is 0 Å². The molecule has 5 N–H and O–H groups in total. The van der Waals surface area contributed by atoms with Gasteiger partial charge in [0.15, 0.2) is 4.90 Å². The van der Waals surface area contributed by atoms with Crippen LogP contribution in [0.1, 0.15) is 0 Å². The maximum Gasteiger partial charge on any atom is 0.299 e.